The fourth-order valence-electron chi connectivity index (χ4n) is 3.10. The van der Waals surface area contributed by atoms with Gasteiger partial charge in [-0.05, 0) is 30.9 Å². The second-order valence-electron chi connectivity index (χ2n) is 6.62. The van der Waals surface area contributed by atoms with Gasteiger partial charge in [-0.15, -0.1) is 11.8 Å². The van der Waals surface area contributed by atoms with Crippen LogP contribution in [0.2, 0.25) is 0 Å². The molecule has 0 aliphatic carbocycles. The van der Waals surface area contributed by atoms with Crippen molar-refractivity contribution in [1.82, 2.24) is 10.2 Å². The largest absolute Gasteiger partial charge is 0.355 e. The van der Waals surface area contributed by atoms with Crippen molar-refractivity contribution in [3.8, 4) is 0 Å². The topological polar surface area (TPSA) is 49.4 Å². The summed E-state index contributed by atoms with van der Waals surface area (Å²) in [7, 11) is 0. The van der Waals surface area contributed by atoms with E-state index in [-0.39, 0.29) is 11.8 Å². The number of hydrogen-bond acceptors (Lipinski definition) is 3. The van der Waals surface area contributed by atoms with E-state index in [1.165, 1.54) is 11.1 Å². The normalized spacial score (nSPS) is 11.6. The van der Waals surface area contributed by atoms with Crippen LogP contribution in [0.1, 0.15) is 31.4 Å². The minimum absolute atomic E-state index is 0.0231. The van der Waals surface area contributed by atoms with Crippen molar-refractivity contribution in [1.29, 1.82) is 0 Å². The van der Waals surface area contributed by atoms with Crippen LogP contribution in [-0.4, -0.2) is 41.6 Å². The van der Waals surface area contributed by atoms with E-state index >= 15 is 0 Å². The third-order valence-electron chi connectivity index (χ3n) is 4.56. The lowest BCUT2D eigenvalue weighted by Gasteiger charge is -2.30. The summed E-state index contributed by atoms with van der Waals surface area (Å²) < 4.78 is 0. The molecule has 150 valence electrons. The average Bonchev–Trinajstić information content (AvgIpc) is 2.72. The summed E-state index contributed by atoms with van der Waals surface area (Å²) in [5.41, 5.74) is 2.37. The van der Waals surface area contributed by atoms with Gasteiger partial charge in [-0.1, -0.05) is 67.6 Å². The third kappa shape index (κ3) is 7.04. The van der Waals surface area contributed by atoms with Crippen LogP contribution in [0.5, 0.6) is 0 Å². The van der Waals surface area contributed by atoms with Crippen molar-refractivity contribution >= 4 is 23.6 Å². The Balaban J connectivity index is 2.02. The van der Waals surface area contributed by atoms with Gasteiger partial charge in [0.2, 0.25) is 11.8 Å². The van der Waals surface area contributed by atoms with Crippen molar-refractivity contribution in [3.63, 3.8) is 0 Å². The Morgan fingerprint density at radius 3 is 2.14 bits per heavy atom. The van der Waals surface area contributed by atoms with E-state index in [2.05, 4.69) is 29.6 Å². The number of carbonyl (C=O) groups is 2. The van der Waals surface area contributed by atoms with Crippen LogP contribution < -0.4 is 5.32 Å². The molecule has 1 atom stereocenters. The number of likely N-dealkylation sites (N-methyl/N-ethyl adjacent to an activating group) is 1. The highest BCUT2D eigenvalue weighted by Crippen LogP contribution is 2.15. The Bertz CT molecular complexity index is 722. The molecule has 0 radical (unpaired) electrons. The molecule has 0 aromatic heterocycles. The lowest BCUT2D eigenvalue weighted by Crippen LogP contribution is -2.50. The Kier molecular flexibility index (Phi) is 9.63. The SMILES string of the molecule is CCNC(=O)C(CC)N(CCc1ccccc1)C(=O)CSCc1ccccc1. The molecule has 2 aromatic carbocycles. The Labute approximate surface area is 172 Å². The number of nitrogens with one attached hydrogen (secondary N) is 1. The molecule has 0 fully saturated rings. The summed E-state index contributed by atoms with van der Waals surface area (Å²) in [4.78, 5) is 27.3. The van der Waals surface area contributed by atoms with Crippen molar-refractivity contribution in [3.05, 3.63) is 71.8 Å². The van der Waals surface area contributed by atoms with E-state index in [0.29, 0.717) is 25.3 Å². The van der Waals surface area contributed by atoms with Crippen LogP contribution >= 0.6 is 11.8 Å². The fourth-order valence-corrected chi connectivity index (χ4v) is 3.97. The van der Waals surface area contributed by atoms with Gasteiger partial charge < -0.3 is 10.2 Å². The quantitative estimate of drug-likeness (QED) is 0.624. The number of nitrogens with zero attached hydrogens (tertiary/aromatic N) is 1. The number of benzene rings is 2. The standard InChI is InChI=1S/C23H30N2O2S/c1-3-21(23(27)24-4-2)25(16-15-19-11-7-5-8-12-19)22(26)18-28-17-20-13-9-6-10-14-20/h5-14,21H,3-4,15-18H2,1-2H3,(H,24,27). The van der Waals surface area contributed by atoms with Gasteiger partial charge in [-0.3, -0.25) is 9.59 Å². The van der Waals surface area contributed by atoms with Crippen LogP contribution in [-0.2, 0) is 21.8 Å². The minimum Gasteiger partial charge on any atom is -0.355 e. The van der Waals surface area contributed by atoms with E-state index in [1.807, 2.05) is 50.2 Å². The summed E-state index contributed by atoms with van der Waals surface area (Å²) >= 11 is 1.59. The van der Waals surface area contributed by atoms with E-state index in [1.54, 1.807) is 16.7 Å². The zero-order valence-electron chi connectivity index (χ0n) is 16.8. The molecule has 0 spiro atoms. The molecule has 1 N–H and O–H groups in total. The Morgan fingerprint density at radius 2 is 1.57 bits per heavy atom. The van der Waals surface area contributed by atoms with Gasteiger partial charge in [0.05, 0.1) is 5.75 Å². The van der Waals surface area contributed by atoms with Crippen LogP contribution in [0.3, 0.4) is 0 Å². The van der Waals surface area contributed by atoms with Gasteiger partial charge in [-0.25, -0.2) is 0 Å². The molecule has 0 aliphatic rings. The fraction of sp³-hybridized carbons (Fsp3) is 0.391. The molecular weight excluding hydrogens is 368 g/mol. The van der Waals surface area contributed by atoms with Crippen molar-refractivity contribution in [2.24, 2.45) is 0 Å². The Morgan fingerprint density at radius 1 is 0.964 bits per heavy atom. The molecule has 1 unspecified atom stereocenters. The van der Waals surface area contributed by atoms with Crippen molar-refractivity contribution in [2.45, 2.75) is 38.5 Å². The molecule has 2 rings (SSSR count). The number of hydrogen-bond donors (Lipinski definition) is 1. The van der Waals surface area contributed by atoms with Gasteiger partial charge in [-0.2, -0.15) is 0 Å². The molecule has 5 heteroatoms. The first kappa shape index (κ1) is 22.0. The van der Waals surface area contributed by atoms with Crippen molar-refractivity contribution in [2.75, 3.05) is 18.8 Å². The highest BCUT2D eigenvalue weighted by molar-refractivity contribution is 7.99. The van der Waals surface area contributed by atoms with Gasteiger partial charge in [0.25, 0.3) is 0 Å². The summed E-state index contributed by atoms with van der Waals surface area (Å²) in [6, 6.07) is 19.8. The molecule has 0 aliphatic heterocycles. The molecule has 28 heavy (non-hydrogen) atoms. The maximum absolute atomic E-state index is 13.0. The number of amides is 2. The molecule has 2 aromatic rings. The molecule has 0 saturated carbocycles. The molecule has 0 saturated heterocycles. The van der Waals surface area contributed by atoms with Gasteiger partial charge in [0, 0.05) is 18.8 Å². The lowest BCUT2D eigenvalue weighted by molar-refractivity contribution is -0.138. The first-order chi connectivity index (χ1) is 13.7. The zero-order valence-corrected chi connectivity index (χ0v) is 17.6. The van der Waals surface area contributed by atoms with Crippen LogP contribution in [0, 0.1) is 0 Å². The minimum atomic E-state index is -0.423. The summed E-state index contributed by atoms with van der Waals surface area (Å²) in [6.45, 7) is 4.97. The van der Waals surface area contributed by atoms with Gasteiger partial charge >= 0.3 is 0 Å². The number of rotatable bonds is 11. The van der Waals surface area contributed by atoms with E-state index in [4.69, 9.17) is 0 Å². The second-order valence-corrected chi connectivity index (χ2v) is 7.61. The average molecular weight is 399 g/mol. The second kappa shape index (κ2) is 12.2. The molecule has 4 nitrogen and oxygen atoms in total. The van der Waals surface area contributed by atoms with Crippen LogP contribution in [0.25, 0.3) is 0 Å². The van der Waals surface area contributed by atoms with Crippen molar-refractivity contribution < 1.29 is 9.59 Å². The summed E-state index contributed by atoms with van der Waals surface area (Å²) in [6.07, 6.45) is 1.35. The predicted molar refractivity (Wildman–Crippen MR) is 117 cm³/mol. The maximum Gasteiger partial charge on any atom is 0.242 e. The predicted octanol–water partition coefficient (Wildman–Crippen LogP) is 3.91. The highest BCUT2D eigenvalue weighted by Gasteiger charge is 2.27. The van der Waals surface area contributed by atoms with E-state index in [0.717, 1.165) is 12.2 Å². The summed E-state index contributed by atoms with van der Waals surface area (Å²) in [5.74, 6) is 1.12. The molecule has 2 amide bonds. The zero-order chi connectivity index (χ0) is 20.2. The molecule has 0 heterocycles. The van der Waals surface area contributed by atoms with Gasteiger partial charge in [0.1, 0.15) is 6.04 Å². The number of thioether (sulfide) groups is 1. The molecular formula is C23H30N2O2S. The van der Waals surface area contributed by atoms with E-state index < -0.39 is 6.04 Å². The summed E-state index contributed by atoms with van der Waals surface area (Å²) in [5, 5.41) is 2.87. The van der Waals surface area contributed by atoms with E-state index in [9.17, 15) is 9.59 Å². The monoisotopic (exact) mass is 398 g/mol. The highest BCUT2D eigenvalue weighted by atomic mass is 32.2. The Hall–Kier alpha value is -2.27. The van der Waals surface area contributed by atoms with Gasteiger partial charge in [0.15, 0.2) is 0 Å². The van der Waals surface area contributed by atoms with Crippen LogP contribution in [0.4, 0.5) is 0 Å². The molecule has 0 bridgehead atoms. The first-order valence-corrected chi connectivity index (χ1v) is 11.0. The van der Waals surface area contributed by atoms with Crippen LogP contribution in [0.15, 0.2) is 60.7 Å². The lowest BCUT2D eigenvalue weighted by atomic mass is 10.1. The number of carbonyl (C=O) groups excluding carboxylic acids is 2. The maximum atomic E-state index is 13.0. The smallest absolute Gasteiger partial charge is 0.242 e. The first-order valence-electron chi connectivity index (χ1n) is 9.88. The third-order valence-corrected chi connectivity index (χ3v) is 5.55.